The molecule has 11 nitrogen and oxygen atoms in total. The molecule has 3 aromatic rings. The first-order chi connectivity index (χ1) is 15.2. The predicted octanol–water partition coefficient (Wildman–Crippen LogP) is 3.43. The number of likely N-dealkylation sites (N-methyl/N-ethyl adjacent to an activating group) is 1. The molecule has 1 aromatic heterocycles. The first-order valence-electron chi connectivity index (χ1n) is 9.01. The molecular formula is C21H16N4O7. The number of aliphatic hydroxyl groups excluding tert-OH is 1. The third kappa shape index (κ3) is 3.80. The van der Waals surface area contributed by atoms with Crippen LogP contribution in [0, 0.1) is 28.4 Å². The van der Waals surface area contributed by atoms with E-state index in [2.05, 4.69) is 5.16 Å². The lowest BCUT2D eigenvalue weighted by molar-refractivity contribution is -0.386. The van der Waals surface area contributed by atoms with E-state index in [1.165, 1.54) is 7.05 Å². The van der Waals surface area contributed by atoms with Gasteiger partial charge in [-0.1, -0.05) is 35.5 Å². The van der Waals surface area contributed by atoms with Crippen molar-refractivity contribution >= 4 is 23.2 Å². The number of nitrogens with zero attached hydrogens (tertiary/aromatic N) is 4. The van der Waals surface area contributed by atoms with Gasteiger partial charge in [-0.25, -0.2) is 0 Å². The molecule has 162 valence electrons. The van der Waals surface area contributed by atoms with E-state index in [-0.39, 0.29) is 5.88 Å². The van der Waals surface area contributed by atoms with E-state index in [9.17, 15) is 35.5 Å². The molecule has 0 aliphatic heterocycles. The Morgan fingerprint density at radius 2 is 1.91 bits per heavy atom. The minimum Gasteiger partial charge on any atom is -0.506 e. The number of hydrogen-bond donors (Lipinski definition) is 3. The molecule has 1 heterocycles. The molecule has 0 aliphatic carbocycles. The monoisotopic (exact) mass is 436 g/mol. The summed E-state index contributed by atoms with van der Waals surface area (Å²) in [6, 6.07) is 12.0. The number of carbonyl (C=O) groups excluding carboxylic acids is 1. The van der Waals surface area contributed by atoms with Crippen LogP contribution in [0.3, 0.4) is 0 Å². The molecule has 3 N–H and O–H groups in total. The van der Waals surface area contributed by atoms with Crippen LogP contribution in [0.5, 0.6) is 11.5 Å². The van der Waals surface area contributed by atoms with Crippen molar-refractivity contribution in [2.24, 2.45) is 0 Å². The van der Waals surface area contributed by atoms with Gasteiger partial charge in [0.1, 0.15) is 11.8 Å². The molecule has 0 bridgehead atoms. The van der Waals surface area contributed by atoms with Crippen molar-refractivity contribution < 1.29 is 29.6 Å². The van der Waals surface area contributed by atoms with Crippen molar-refractivity contribution in [1.82, 2.24) is 5.16 Å². The highest BCUT2D eigenvalue weighted by Gasteiger charge is 2.29. The van der Waals surface area contributed by atoms with Gasteiger partial charge in [0, 0.05) is 18.7 Å². The van der Waals surface area contributed by atoms with Gasteiger partial charge in [0.2, 0.25) is 11.6 Å². The van der Waals surface area contributed by atoms with Crippen LogP contribution in [0.4, 0.5) is 11.6 Å². The summed E-state index contributed by atoms with van der Waals surface area (Å²) in [4.78, 5) is 24.0. The Kier molecular flexibility index (Phi) is 5.79. The lowest BCUT2D eigenvalue weighted by atomic mass is 10.0. The van der Waals surface area contributed by atoms with Crippen molar-refractivity contribution in [2.75, 3.05) is 11.9 Å². The van der Waals surface area contributed by atoms with Crippen molar-refractivity contribution in [3.63, 3.8) is 0 Å². The van der Waals surface area contributed by atoms with E-state index in [1.54, 1.807) is 37.3 Å². The third-order valence-corrected chi connectivity index (χ3v) is 4.62. The first-order valence-corrected chi connectivity index (χ1v) is 9.01. The number of hydrogen-bond acceptors (Lipinski definition) is 9. The molecule has 32 heavy (non-hydrogen) atoms. The molecule has 2 aromatic carbocycles. The Morgan fingerprint density at radius 3 is 2.50 bits per heavy atom. The highest BCUT2D eigenvalue weighted by atomic mass is 16.6. The summed E-state index contributed by atoms with van der Waals surface area (Å²) >= 11 is 0. The van der Waals surface area contributed by atoms with Gasteiger partial charge in [0.25, 0.3) is 5.91 Å². The number of nitriles is 1. The van der Waals surface area contributed by atoms with Gasteiger partial charge in [-0.05, 0) is 18.6 Å². The lowest BCUT2D eigenvalue weighted by Gasteiger charge is -2.16. The fraction of sp³-hybridized carbons (Fsp3) is 0.0952. The van der Waals surface area contributed by atoms with Crippen molar-refractivity contribution in [3.8, 4) is 28.7 Å². The van der Waals surface area contributed by atoms with E-state index in [0.717, 1.165) is 17.0 Å². The van der Waals surface area contributed by atoms with Crippen molar-refractivity contribution in [3.05, 3.63) is 69.4 Å². The van der Waals surface area contributed by atoms with Gasteiger partial charge in [-0.2, -0.15) is 5.26 Å². The molecular weight excluding hydrogens is 420 g/mol. The lowest BCUT2D eigenvalue weighted by Crippen LogP contribution is -2.28. The number of aryl methyl sites for hydroxylation is 1. The van der Waals surface area contributed by atoms with E-state index in [1.807, 2.05) is 6.07 Å². The number of amides is 1. The van der Waals surface area contributed by atoms with Gasteiger partial charge < -0.3 is 19.8 Å². The topological polar surface area (TPSA) is 174 Å². The van der Waals surface area contributed by atoms with Gasteiger partial charge in [0.05, 0.1) is 16.2 Å². The van der Waals surface area contributed by atoms with Crippen molar-refractivity contribution in [2.45, 2.75) is 6.92 Å². The molecule has 0 fully saturated rings. The zero-order valence-corrected chi connectivity index (χ0v) is 16.8. The largest absolute Gasteiger partial charge is 0.506 e. The predicted molar refractivity (Wildman–Crippen MR) is 112 cm³/mol. The number of aromatic hydroxyl groups is 2. The van der Waals surface area contributed by atoms with Crippen LogP contribution in [-0.4, -0.2) is 38.4 Å². The first kappa shape index (κ1) is 21.8. The van der Waals surface area contributed by atoms with E-state index >= 15 is 0 Å². The minimum atomic E-state index is -1.02. The highest BCUT2D eigenvalue weighted by Crippen LogP contribution is 2.39. The number of anilines is 1. The van der Waals surface area contributed by atoms with Gasteiger partial charge >= 0.3 is 5.69 Å². The summed E-state index contributed by atoms with van der Waals surface area (Å²) in [6.07, 6.45) is 0. The maximum Gasteiger partial charge on any atom is 0.315 e. The number of carbonyl (C=O) groups is 1. The Balaban J connectivity index is 2.08. The zero-order valence-electron chi connectivity index (χ0n) is 16.8. The molecule has 0 spiro atoms. The van der Waals surface area contributed by atoms with Gasteiger partial charge in [-0.15, -0.1) is 0 Å². The molecule has 3 rings (SSSR count). The van der Waals surface area contributed by atoms with Crippen LogP contribution in [0.25, 0.3) is 16.9 Å². The Morgan fingerprint density at radius 1 is 1.25 bits per heavy atom. The number of benzene rings is 2. The zero-order chi connectivity index (χ0) is 23.6. The maximum absolute atomic E-state index is 13.0. The van der Waals surface area contributed by atoms with Crippen LogP contribution in [-0.2, 0) is 4.79 Å². The van der Waals surface area contributed by atoms with E-state index < -0.39 is 44.9 Å². The summed E-state index contributed by atoms with van der Waals surface area (Å²) in [5.41, 5.74) is -0.427. The Hall–Kier alpha value is -4.85. The SMILES string of the molecule is Cc1noc(N(C)C(=O)/C(C#N)=C(\O)c2cc(O)c(O)c([N+](=O)[O-])c2)c1-c1ccccc1. The molecule has 0 atom stereocenters. The summed E-state index contributed by atoms with van der Waals surface area (Å²) < 4.78 is 5.28. The number of rotatable bonds is 5. The number of phenols is 2. The third-order valence-electron chi connectivity index (χ3n) is 4.62. The summed E-state index contributed by atoms with van der Waals surface area (Å²) in [6.45, 7) is 1.67. The average Bonchev–Trinajstić information content (AvgIpc) is 3.16. The van der Waals surface area contributed by atoms with Crippen LogP contribution < -0.4 is 4.90 Å². The quantitative estimate of drug-likeness (QED) is 0.135. The second-order valence-electron chi connectivity index (χ2n) is 6.63. The molecule has 0 unspecified atom stereocenters. The second-order valence-corrected chi connectivity index (χ2v) is 6.63. The van der Waals surface area contributed by atoms with Crippen LogP contribution in [0.1, 0.15) is 11.3 Å². The smallest absolute Gasteiger partial charge is 0.315 e. The average molecular weight is 436 g/mol. The fourth-order valence-electron chi connectivity index (χ4n) is 3.01. The summed E-state index contributed by atoms with van der Waals surface area (Å²) in [5.74, 6) is -3.83. The van der Waals surface area contributed by atoms with Crippen LogP contribution >= 0.6 is 0 Å². The number of aliphatic hydroxyl groups is 1. The standard InChI is InChI=1S/C21H16N4O7/c1-11-17(12-6-4-3-5-7-12)21(32-23-11)24(2)20(29)14(10-22)18(27)13-8-15(25(30)31)19(28)16(26)9-13/h3-9,26-28H,1-2H3/b18-14-. The van der Waals surface area contributed by atoms with E-state index in [0.29, 0.717) is 16.8 Å². The number of nitro groups is 1. The molecule has 0 saturated carbocycles. The number of aromatic nitrogens is 1. The normalized spacial score (nSPS) is 11.4. The summed E-state index contributed by atoms with van der Waals surface area (Å²) in [7, 11) is 1.30. The number of phenolic OH excluding ortho intramolecular Hbond substituents is 2. The van der Waals surface area contributed by atoms with Crippen LogP contribution in [0.2, 0.25) is 0 Å². The number of nitro benzene ring substituents is 1. The molecule has 0 aliphatic rings. The summed E-state index contributed by atoms with van der Waals surface area (Å²) in [5, 5.41) is 54.3. The molecule has 0 radical (unpaired) electrons. The highest BCUT2D eigenvalue weighted by molar-refractivity contribution is 6.12. The van der Waals surface area contributed by atoms with Crippen LogP contribution in [0.15, 0.2) is 52.6 Å². The molecule has 0 saturated heterocycles. The van der Waals surface area contributed by atoms with E-state index in [4.69, 9.17) is 4.52 Å². The minimum absolute atomic E-state index is 0.0128. The molecule has 1 amide bonds. The van der Waals surface area contributed by atoms with Gasteiger partial charge in [0.15, 0.2) is 11.3 Å². The maximum atomic E-state index is 13.0. The Bertz CT molecular complexity index is 1290. The van der Waals surface area contributed by atoms with Crippen molar-refractivity contribution in [1.29, 1.82) is 5.26 Å². The Labute approximate surface area is 180 Å². The second kappa shape index (κ2) is 8.49. The fourth-order valence-corrected chi connectivity index (χ4v) is 3.01. The molecule has 11 heteroatoms. The van der Waals surface area contributed by atoms with Gasteiger partial charge in [-0.3, -0.25) is 19.8 Å².